The molecule has 0 aromatic heterocycles. The van der Waals surface area contributed by atoms with Crippen molar-refractivity contribution in [3.63, 3.8) is 0 Å². The Morgan fingerprint density at radius 2 is 1.20 bits per heavy atom. The van der Waals surface area contributed by atoms with Gasteiger partial charge in [-0.25, -0.2) is 4.79 Å². The molecule has 1 rings (SSSR count). The first-order valence-corrected chi connectivity index (χ1v) is 15.6. The van der Waals surface area contributed by atoms with Crippen molar-refractivity contribution in [3.05, 3.63) is 35.9 Å². The van der Waals surface area contributed by atoms with Gasteiger partial charge in [0.05, 0.1) is 12.5 Å². The predicted molar refractivity (Wildman–Crippen MR) is 175 cm³/mol. The second kappa shape index (κ2) is 22.3. The molecule has 5 atom stereocenters. The number of carboxylic acid groups (broad SMARTS) is 3. The number of nitrogens with one attached hydrogen (secondary N) is 4. The normalized spacial score (nSPS) is 13.8. The van der Waals surface area contributed by atoms with Crippen LogP contribution in [-0.2, 0) is 40.0 Å². The van der Waals surface area contributed by atoms with Gasteiger partial charge in [-0.1, -0.05) is 30.3 Å². The molecule has 0 saturated heterocycles. The van der Waals surface area contributed by atoms with E-state index in [0.29, 0.717) is 24.9 Å². The lowest BCUT2D eigenvalue weighted by atomic mass is 10.0. The van der Waals surface area contributed by atoms with Gasteiger partial charge < -0.3 is 59.5 Å². The number of carboxylic acids is 3. The first-order valence-electron chi connectivity index (χ1n) is 15.6. The van der Waals surface area contributed by atoms with Gasteiger partial charge in [-0.3, -0.25) is 33.8 Å². The summed E-state index contributed by atoms with van der Waals surface area (Å²) in [6.07, 6.45) is -0.480. The second-order valence-corrected chi connectivity index (χ2v) is 11.1. The van der Waals surface area contributed by atoms with Crippen LogP contribution in [0.4, 0.5) is 0 Å². The summed E-state index contributed by atoms with van der Waals surface area (Å²) in [7, 11) is 0. The fourth-order valence-corrected chi connectivity index (χ4v) is 4.47. The van der Waals surface area contributed by atoms with E-state index in [2.05, 4.69) is 26.3 Å². The van der Waals surface area contributed by atoms with Crippen molar-refractivity contribution in [3.8, 4) is 0 Å². The third kappa shape index (κ3) is 17.4. The number of hydrogen-bond donors (Lipinski definition) is 11. The molecule has 0 aliphatic heterocycles. The van der Waals surface area contributed by atoms with Crippen LogP contribution in [0.1, 0.15) is 56.9 Å². The molecule has 0 fully saturated rings. The van der Waals surface area contributed by atoms with Crippen molar-refractivity contribution in [2.75, 3.05) is 13.1 Å². The third-order valence-electron chi connectivity index (χ3n) is 7.07. The fourth-order valence-electron chi connectivity index (χ4n) is 4.47. The second-order valence-electron chi connectivity index (χ2n) is 11.1. The van der Waals surface area contributed by atoms with Gasteiger partial charge in [-0.15, -0.1) is 0 Å². The summed E-state index contributed by atoms with van der Waals surface area (Å²) in [4.78, 5) is 90.8. The first-order chi connectivity index (χ1) is 23.1. The zero-order chi connectivity index (χ0) is 36.9. The number of guanidine groups is 1. The summed E-state index contributed by atoms with van der Waals surface area (Å²) in [5, 5.41) is 37.2. The lowest BCUT2D eigenvalue weighted by Gasteiger charge is -2.26. The average Bonchev–Trinajstić information content (AvgIpc) is 3.03. The molecule has 15 N–H and O–H groups in total. The van der Waals surface area contributed by atoms with Crippen LogP contribution in [0.3, 0.4) is 0 Å². The maximum Gasteiger partial charge on any atom is 0.326 e. The van der Waals surface area contributed by atoms with Crippen molar-refractivity contribution < 1.29 is 48.9 Å². The average molecular weight is 694 g/mol. The Labute approximate surface area is 282 Å². The molecule has 0 aliphatic carbocycles. The number of carbonyl (C=O) groups is 7. The van der Waals surface area contributed by atoms with Crippen LogP contribution < -0.4 is 44.2 Å². The smallest absolute Gasteiger partial charge is 0.326 e. The minimum absolute atomic E-state index is 0.0492. The molecular weight excluding hydrogens is 646 g/mol. The summed E-state index contributed by atoms with van der Waals surface area (Å²) in [6, 6.07) is 1.43. The van der Waals surface area contributed by atoms with E-state index in [1.807, 2.05) is 0 Å². The number of benzene rings is 1. The predicted octanol–water partition coefficient (Wildman–Crippen LogP) is -2.90. The van der Waals surface area contributed by atoms with E-state index in [-0.39, 0.29) is 51.0 Å². The van der Waals surface area contributed by atoms with Gasteiger partial charge in [0.2, 0.25) is 23.6 Å². The van der Waals surface area contributed by atoms with Gasteiger partial charge in [0.15, 0.2) is 5.96 Å². The number of carbonyl (C=O) groups excluding carboxylic acids is 4. The van der Waals surface area contributed by atoms with Crippen molar-refractivity contribution >= 4 is 47.5 Å². The summed E-state index contributed by atoms with van der Waals surface area (Å²) >= 11 is 0. The highest BCUT2D eigenvalue weighted by atomic mass is 16.4. The Morgan fingerprint density at radius 1 is 0.673 bits per heavy atom. The van der Waals surface area contributed by atoms with E-state index in [1.165, 1.54) is 0 Å². The maximum atomic E-state index is 13.7. The molecule has 272 valence electrons. The number of nitrogens with zero attached hydrogens (tertiary/aromatic N) is 1. The molecule has 4 amide bonds. The quantitative estimate of drug-likeness (QED) is 0.0294. The van der Waals surface area contributed by atoms with E-state index < -0.39 is 78.2 Å². The monoisotopic (exact) mass is 693 g/mol. The van der Waals surface area contributed by atoms with E-state index in [0.717, 1.165) is 0 Å². The Balaban J connectivity index is 3.32. The van der Waals surface area contributed by atoms with Crippen LogP contribution >= 0.6 is 0 Å². The number of aliphatic carboxylic acids is 3. The number of aliphatic imine (C=N–C) groups is 1. The van der Waals surface area contributed by atoms with Gasteiger partial charge >= 0.3 is 17.9 Å². The van der Waals surface area contributed by atoms with Crippen molar-refractivity contribution in [2.45, 2.75) is 88.0 Å². The lowest BCUT2D eigenvalue weighted by Crippen LogP contribution is -2.59. The Morgan fingerprint density at radius 3 is 1.73 bits per heavy atom. The molecule has 0 saturated carbocycles. The SMILES string of the molecule is NCCCC[C@H](NC(=O)[C@@H](N)CCC(=O)O)C(=O)N[C@@H](CCCN=C(N)N)C(=O)N[C@@H](Cc1ccccc1)C(=O)N[C@@H](CC(=O)O)C(=O)O. The Bertz CT molecular complexity index is 1310. The summed E-state index contributed by atoms with van der Waals surface area (Å²) in [5.74, 6) is -7.85. The molecule has 0 radical (unpaired) electrons. The largest absolute Gasteiger partial charge is 0.481 e. The van der Waals surface area contributed by atoms with Crippen LogP contribution in [0.25, 0.3) is 0 Å². The topological polar surface area (TPSA) is 345 Å². The highest BCUT2D eigenvalue weighted by Crippen LogP contribution is 2.09. The molecule has 1 aromatic rings. The molecule has 0 unspecified atom stereocenters. The van der Waals surface area contributed by atoms with E-state index >= 15 is 0 Å². The first kappa shape index (κ1) is 41.7. The van der Waals surface area contributed by atoms with Gasteiger partial charge in [-0.2, -0.15) is 0 Å². The molecule has 19 heteroatoms. The van der Waals surface area contributed by atoms with Gasteiger partial charge in [0, 0.05) is 19.4 Å². The van der Waals surface area contributed by atoms with Crippen LogP contribution in [0, 0.1) is 0 Å². The van der Waals surface area contributed by atoms with Crippen molar-refractivity contribution in [1.29, 1.82) is 0 Å². The summed E-state index contributed by atoms with van der Waals surface area (Å²) in [6.45, 7) is 0.372. The van der Waals surface area contributed by atoms with Gasteiger partial charge in [0.25, 0.3) is 0 Å². The molecule has 0 aliphatic rings. The van der Waals surface area contributed by atoms with Crippen LogP contribution in [0.5, 0.6) is 0 Å². The fraction of sp³-hybridized carbons (Fsp3) is 0.533. The van der Waals surface area contributed by atoms with E-state index in [4.69, 9.17) is 33.1 Å². The van der Waals surface area contributed by atoms with Crippen molar-refractivity contribution in [2.24, 2.45) is 27.9 Å². The standard InChI is InChI=1S/C30H47N9O10/c31-13-5-4-9-19(36-25(44)18(32)11-12-23(40)41)26(45)37-20(10-6-14-35-30(33)34)27(46)38-21(15-17-7-2-1-3-8-17)28(47)39-22(29(48)49)16-24(42)43/h1-3,7-8,18-22H,4-6,9-16,31-32H2,(H,36,44)(H,37,45)(H,38,46)(H,39,47)(H,40,41)(H,42,43)(H,48,49)(H4,33,34,35)/t18-,19-,20-,21-,22-/m0/s1. The molecular formula is C30H47N9O10. The minimum Gasteiger partial charge on any atom is -0.481 e. The van der Waals surface area contributed by atoms with Crippen LogP contribution in [-0.4, -0.2) is 106 Å². The van der Waals surface area contributed by atoms with E-state index in [9.17, 15) is 38.7 Å². The zero-order valence-corrected chi connectivity index (χ0v) is 27.0. The number of hydrogen-bond acceptors (Lipinski definition) is 10. The summed E-state index contributed by atoms with van der Waals surface area (Å²) < 4.78 is 0. The molecule has 0 heterocycles. The highest BCUT2D eigenvalue weighted by Gasteiger charge is 2.32. The van der Waals surface area contributed by atoms with E-state index in [1.54, 1.807) is 30.3 Å². The number of amides is 4. The molecule has 0 bridgehead atoms. The third-order valence-corrected chi connectivity index (χ3v) is 7.07. The molecule has 19 nitrogen and oxygen atoms in total. The Hall–Kier alpha value is -5.30. The highest BCUT2D eigenvalue weighted by molar-refractivity contribution is 5.96. The molecule has 49 heavy (non-hydrogen) atoms. The van der Waals surface area contributed by atoms with Crippen molar-refractivity contribution in [1.82, 2.24) is 21.3 Å². The lowest BCUT2D eigenvalue weighted by molar-refractivity contribution is -0.147. The number of unbranched alkanes of at least 4 members (excludes halogenated alkanes) is 1. The van der Waals surface area contributed by atoms with Crippen LogP contribution in [0.15, 0.2) is 35.3 Å². The zero-order valence-electron chi connectivity index (χ0n) is 27.0. The van der Waals surface area contributed by atoms with Crippen LogP contribution in [0.2, 0.25) is 0 Å². The molecule has 1 aromatic carbocycles. The Kier molecular flexibility index (Phi) is 19.0. The summed E-state index contributed by atoms with van der Waals surface area (Å²) in [5.41, 5.74) is 22.7. The number of nitrogens with two attached hydrogens (primary N) is 4. The maximum absolute atomic E-state index is 13.7. The number of rotatable bonds is 24. The molecule has 0 spiro atoms. The van der Waals surface area contributed by atoms with Gasteiger partial charge in [-0.05, 0) is 50.6 Å². The van der Waals surface area contributed by atoms with Gasteiger partial charge in [0.1, 0.15) is 24.2 Å². The minimum atomic E-state index is -1.80.